The van der Waals surface area contributed by atoms with E-state index in [4.69, 9.17) is 0 Å². The Morgan fingerprint density at radius 1 is 0.941 bits per heavy atom. The van der Waals surface area contributed by atoms with Gasteiger partial charge in [0.25, 0.3) is 0 Å². The molecule has 100 valence electrons. The average molecular weight is 260 g/mol. The molecule has 0 aromatic carbocycles. The molecule has 0 bridgehead atoms. The molecule has 0 radical (unpaired) electrons. The van der Waals surface area contributed by atoms with Crippen LogP contribution >= 0.6 is 11.8 Å². The Balaban J connectivity index is 3.64. The number of rotatable bonds is 10. The Morgan fingerprint density at radius 3 is 1.53 bits per heavy atom. The van der Waals surface area contributed by atoms with Gasteiger partial charge in [-0.2, -0.15) is 11.8 Å². The van der Waals surface area contributed by atoms with Crippen molar-refractivity contribution in [1.82, 2.24) is 10.6 Å². The first kappa shape index (κ1) is 16.6. The molecule has 0 amide bonds. The number of hydrogen-bond acceptors (Lipinski definition) is 5. The maximum absolute atomic E-state index is 11.2. The van der Waals surface area contributed by atoms with Gasteiger partial charge in [-0.3, -0.25) is 9.59 Å². The van der Waals surface area contributed by atoms with Crippen LogP contribution in [0.2, 0.25) is 0 Å². The molecule has 4 nitrogen and oxygen atoms in total. The number of carbonyl (C=O) groups excluding carboxylic acids is 2. The average Bonchev–Trinajstić information content (AvgIpc) is 2.27. The van der Waals surface area contributed by atoms with E-state index in [1.807, 2.05) is 14.1 Å². The van der Waals surface area contributed by atoms with Crippen molar-refractivity contribution < 1.29 is 9.59 Å². The molecule has 0 aromatic heterocycles. The van der Waals surface area contributed by atoms with E-state index in [2.05, 4.69) is 10.6 Å². The summed E-state index contributed by atoms with van der Waals surface area (Å²) in [5.74, 6) is 2.26. The number of hydrogen-bond donors (Lipinski definition) is 2. The Morgan fingerprint density at radius 2 is 1.29 bits per heavy atom. The number of thioether (sulfide) groups is 1. The molecule has 17 heavy (non-hydrogen) atoms. The second kappa shape index (κ2) is 9.62. The zero-order valence-electron chi connectivity index (χ0n) is 11.2. The van der Waals surface area contributed by atoms with Crippen molar-refractivity contribution in [3.8, 4) is 0 Å². The van der Waals surface area contributed by atoms with Crippen LogP contribution in [-0.4, -0.2) is 49.3 Å². The van der Waals surface area contributed by atoms with Crippen molar-refractivity contribution in [2.75, 3.05) is 25.6 Å². The van der Waals surface area contributed by atoms with Gasteiger partial charge in [-0.1, -0.05) is 0 Å². The molecule has 2 N–H and O–H groups in total. The van der Waals surface area contributed by atoms with Crippen LogP contribution in [0.4, 0.5) is 0 Å². The second-order valence-electron chi connectivity index (χ2n) is 4.09. The zero-order valence-corrected chi connectivity index (χ0v) is 12.0. The van der Waals surface area contributed by atoms with Crippen molar-refractivity contribution in [3.05, 3.63) is 0 Å². The summed E-state index contributed by atoms with van der Waals surface area (Å²) in [6.45, 7) is 3.22. The maximum Gasteiger partial charge on any atom is 0.146 e. The molecule has 0 rings (SSSR count). The lowest BCUT2D eigenvalue weighted by atomic mass is 10.1. The van der Waals surface area contributed by atoms with Gasteiger partial charge in [0.05, 0.1) is 12.1 Å². The molecule has 0 aromatic rings. The van der Waals surface area contributed by atoms with E-state index in [-0.39, 0.29) is 23.7 Å². The number of Topliss-reactive ketones (excluding diaryl/α,β-unsaturated/α-hetero) is 2. The van der Waals surface area contributed by atoms with Gasteiger partial charge in [-0.15, -0.1) is 0 Å². The van der Waals surface area contributed by atoms with Gasteiger partial charge in [0.1, 0.15) is 11.6 Å². The van der Waals surface area contributed by atoms with Gasteiger partial charge in [-0.25, -0.2) is 0 Å². The summed E-state index contributed by atoms with van der Waals surface area (Å²) >= 11 is 1.79. The number of nitrogens with one attached hydrogen (secondary N) is 2. The number of ketones is 2. The van der Waals surface area contributed by atoms with Crippen molar-refractivity contribution in [2.24, 2.45) is 0 Å². The first-order chi connectivity index (χ1) is 8.02. The van der Waals surface area contributed by atoms with Crippen molar-refractivity contribution in [3.63, 3.8) is 0 Å². The van der Waals surface area contributed by atoms with Crippen molar-refractivity contribution in [1.29, 1.82) is 0 Å². The van der Waals surface area contributed by atoms with Crippen LogP contribution in [-0.2, 0) is 9.59 Å². The standard InChI is InChI=1S/C12H24N2O2S/c1-9(15)11(13-3)5-7-17-8-6-12(14-4)10(2)16/h11-14H,5-8H2,1-4H3. The van der Waals surface area contributed by atoms with Crippen molar-refractivity contribution in [2.45, 2.75) is 38.8 Å². The molecule has 0 heterocycles. The fourth-order valence-electron chi connectivity index (χ4n) is 1.61. The number of carbonyl (C=O) groups is 2. The van der Waals surface area contributed by atoms with E-state index < -0.39 is 0 Å². The molecule has 0 aliphatic rings. The lowest BCUT2D eigenvalue weighted by molar-refractivity contribution is -0.119. The normalized spacial score (nSPS) is 14.4. The van der Waals surface area contributed by atoms with Crippen molar-refractivity contribution >= 4 is 23.3 Å². The molecule has 0 saturated heterocycles. The minimum atomic E-state index is -0.0320. The second-order valence-corrected chi connectivity index (χ2v) is 5.32. The van der Waals surface area contributed by atoms with Gasteiger partial charge < -0.3 is 10.6 Å². The van der Waals surface area contributed by atoms with Gasteiger partial charge in [0, 0.05) is 0 Å². The largest absolute Gasteiger partial charge is 0.311 e. The summed E-state index contributed by atoms with van der Waals surface area (Å²) in [7, 11) is 3.62. The van der Waals surface area contributed by atoms with Crippen LogP contribution < -0.4 is 10.6 Å². The topological polar surface area (TPSA) is 58.2 Å². The van der Waals surface area contributed by atoms with Gasteiger partial charge in [0.2, 0.25) is 0 Å². The zero-order chi connectivity index (χ0) is 13.3. The van der Waals surface area contributed by atoms with E-state index >= 15 is 0 Å². The van der Waals surface area contributed by atoms with E-state index in [0.717, 1.165) is 24.3 Å². The molecule has 0 aliphatic heterocycles. The minimum Gasteiger partial charge on any atom is -0.311 e. The lowest BCUT2D eigenvalue weighted by Gasteiger charge is -2.14. The van der Waals surface area contributed by atoms with Crippen LogP contribution in [0.1, 0.15) is 26.7 Å². The summed E-state index contributed by atoms with van der Waals surface area (Å²) in [4.78, 5) is 22.3. The molecular formula is C12H24N2O2S. The van der Waals surface area contributed by atoms with Crippen LogP contribution in [0, 0.1) is 0 Å². The summed E-state index contributed by atoms with van der Waals surface area (Å²) < 4.78 is 0. The third-order valence-electron chi connectivity index (χ3n) is 2.78. The highest BCUT2D eigenvalue weighted by Gasteiger charge is 2.12. The predicted molar refractivity (Wildman–Crippen MR) is 73.6 cm³/mol. The van der Waals surface area contributed by atoms with Crippen LogP contribution in [0.25, 0.3) is 0 Å². The molecule has 5 heteroatoms. The fourth-order valence-corrected chi connectivity index (χ4v) is 2.62. The molecule has 0 saturated carbocycles. The van der Waals surface area contributed by atoms with Crippen LogP contribution in [0.3, 0.4) is 0 Å². The van der Waals surface area contributed by atoms with Gasteiger partial charge in [-0.05, 0) is 52.3 Å². The summed E-state index contributed by atoms with van der Waals surface area (Å²) in [5.41, 5.74) is 0. The van der Waals surface area contributed by atoms with E-state index in [1.165, 1.54) is 0 Å². The van der Waals surface area contributed by atoms with E-state index in [9.17, 15) is 9.59 Å². The smallest absolute Gasteiger partial charge is 0.146 e. The van der Waals surface area contributed by atoms with Crippen LogP contribution in [0.15, 0.2) is 0 Å². The van der Waals surface area contributed by atoms with Gasteiger partial charge in [0.15, 0.2) is 0 Å². The molecular weight excluding hydrogens is 236 g/mol. The Kier molecular flexibility index (Phi) is 9.40. The summed E-state index contributed by atoms with van der Waals surface area (Å²) in [5, 5.41) is 6.00. The number of likely N-dealkylation sites (N-methyl/N-ethyl adjacent to an activating group) is 2. The van der Waals surface area contributed by atoms with E-state index in [1.54, 1.807) is 25.6 Å². The highest BCUT2D eigenvalue weighted by Crippen LogP contribution is 2.09. The maximum atomic E-state index is 11.2. The molecule has 2 atom stereocenters. The highest BCUT2D eigenvalue weighted by molar-refractivity contribution is 7.99. The highest BCUT2D eigenvalue weighted by atomic mass is 32.2. The molecule has 0 fully saturated rings. The quantitative estimate of drug-likeness (QED) is 0.570. The Bertz CT molecular complexity index is 223. The SMILES string of the molecule is CNC(CCSCCC(NC)C(C)=O)C(C)=O. The first-order valence-electron chi connectivity index (χ1n) is 5.96. The fraction of sp³-hybridized carbons (Fsp3) is 0.833. The summed E-state index contributed by atoms with van der Waals surface area (Å²) in [6, 6.07) is -0.0641. The third kappa shape index (κ3) is 7.52. The molecule has 2 unspecified atom stereocenters. The molecule has 0 spiro atoms. The van der Waals surface area contributed by atoms with Crippen LogP contribution in [0.5, 0.6) is 0 Å². The lowest BCUT2D eigenvalue weighted by Crippen LogP contribution is -2.33. The monoisotopic (exact) mass is 260 g/mol. The first-order valence-corrected chi connectivity index (χ1v) is 7.11. The minimum absolute atomic E-state index is 0.0320. The third-order valence-corrected chi connectivity index (χ3v) is 3.83. The summed E-state index contributed by atoms with van der Waals surface area (Å²) in [6.07, 6.45) is 1.70. The van der Waals surface area contributed by atoms with E-state index in [0.29, 0.717) is 0 Å². The Labute approximate surface area is 108 Å². The van der Waals surface area contributed by atoms with Gasteiger partial charge >= 0.3 is 0 Å². The predicted octanol–water partition coefficient (Wildman–Crippen LogP) is 0.854. The Hall–Kier alpha value is -0.390. The molecule has 0 aliphatic carbocycles.